The lowest BCUT2D eigenvalue weighted by Gasteiger charge is -2.47. The summed E-state index contributed by atoms with van der Waals surface area (Å²) in [5.41, 5.74) is 4.42. The minimum absolute atomic E-state index is 0.194. The van der Waals surface area contributed by atoms with Gasteiger partial charge in [-0.15, -0.1) is 0 Å². The van der Waals surface area contributed by atoms with E-state index in [4.69, 9.17) is 4.74 Å². The van der Waals surface area contributed by atoms with Crippen LogP contribution in [0.2, 0.25) is 0 Å². The smallest absolute Gasteiger partial charge is 0.127 e. The summed E-state index contributed by atoms with van der Waals surface area (Å²) in [5, 5.41) is 11.1. The highest BCUT2D eigenvalue weighted by Gasteiger charge is 2.60. The first-order chi connectivity index (χ1) is 13.5. The molecule has 1 heterocycles. The van der Waals surface area contributed by atoms with E-state index in [2.05, 4.69) is 59.8 Å². The Kier molecular flexibility index (Phi) is 4.07. The van der Waals surface area contributed by atoms with Crippen molar-refractivity contribution in [3.8, 4) is 11.5 Å². The molecule has 2 heteroatoms. The van der Waals surface area contributed by atoms with Crippen molar-refractivity contribution in [2.75, 3.05) is 0 Å². The van der Waals surface area contributed by atoms with Gasteiger partial charge >= 0.3 is 0 Å². The number of ether oxygens (including phenoxy) is 1. The number of fused-ring (bicyclic) bond motifs is 5. The van der Waals surface area contributed by atoms with Crippen LogP contribution >= 0.6 is 0 Å². The molecule has 0 amide bonds. The topological polar surface area (TPSA) is 29.5 Å². The van der Waals surface area contributed by atoms with Crippen molar-refractivity contribution in [3.63, 3.8) is 0 Å². The number of hydrogen-bond acceptors (Lipinski definition) is 2. The lowest BCUT2D eigenvalue weighted by atomic mass is 9.65. The number of rotatable bonds is 2. The van der Waals surface area contributed by atoms with Gasteiger partial charge in [-0.3, -0.25) is 0 Å². The van der Waals surface area contributed by atoms with Gasteiger partial charge in [-0.1, -0.05) is 32.4 Å². The van der Waals surface area contributed by atoms with Crippen LogP contribution in [0.15, 0.2) is 23.8 Å². The molecule has 1 N–H and O–H groups in total. The number of aromatic hydroxyl groups is 1. The van der Waals surface area contributed by atoms with Crippen LogP contribution in [0.25, 0.3) is 0 Å². The number of benzene rings is 1. The Balaban J connectivity index is 1.49. The molecule has 29 heavy (non-hydrogen) atoms. The summed E-state index contributed by atoms with van der Waals surface area (Å²) < 4.78 is 6.55. The maximum atomic E-state index is 11.1. The fourth-order valence-corrected chi connectivity index (χ4v) is 7.70. The van der Waals surface area contributed by atoms with Crippen LogP contribution in [0.5, 0.6) is 11.5 Å². The van der Waals surface area contributed by atoms with Crippen molar-refractivity contribution in [1.29, 1.82) is 0 Å². The van der Waals surface area contributed by atoms with Crippen LogP contribution in [0.3, 0.4) is 0 Å². The van der Waals surface area contributed by atoms with Crippen molar-refractivity contribution in [3.05, 3.63) is 34.9 Å². The minimum Gasteiger partial charge on any atom is -0.508 e. The highest BCUT2D eigenvalue weighted by Crippen LogP contribution is 2.68. The fourth-order valence-electron chi connectivity index (χ4n) is 7.70. The minimum atomic E-state index is -0.194. The summed E-state index contributed by atoms with van der Waals surface area (Å²) in [6.45, 7) is 14.2. The van der Waals surface area contributed by atoms with E-state index in [1.807, 2.05) is 0 Å². The van der Waals surface area contributed by atoms with Crippen molar-refractivity contribution in [2.24, 2.45) is 28.6 Å². The standard InChI is InChI=1S/C27H38O2/c1-16-7-8-21-20(11-16)24-22(28)13-17(14-23(24)29-26(21,4)5)12-19-15-18-9-10-27(19,6)25(18,2)3/h7,13-14,18-21,28H,8-12,15H2,1-6H3/t18-,19+,20-,21-,27+/m1/s1. The molecule has 0 radical (unpaired) electrons. The Labute approximate surface area is 176 Å². The number of phenols is 1. The maximum absolute atomic E-state index is 11.1. The van der Waals surface area contributed by atoms with Gasteiger partial charge in [0.15, 0.2) is 0 Å². The second kappa shape index (κ2) is 6.05. The molecule has 0 spiro atoms. The van der Waals surface area contributed by atoms with Gasteiger partial charge < -0.3 is 9.84 Å². The molecule has 1 aromatic rings. The highest BCUT2D eigenvalue weighted by molar-refractivity contribution is 5.53. The SMILES string of the molecule is CC1=CC[C@@H]2[C@@H](C1)c1c(O)cc(C[C@H]3C[C@H]4CC[C@]3(C)C4(C)C)cc1OC2(C)C. The third kappa shape index (κ3) is 2.66. The molecular formula is C27H38O2. The van der Waals surface area contributed by atoms with Gasteiger partial charge in [0.25, 0.3) is 0 Å². The molecule has 158 valence electrons. The molecule has 0 unspecified atom stereocenters. The van der Waals surface area contributed by atoms with Crippen molar-refractivity contribution < 1.29 is 9.84 Å². The van der Waals surface area contributed by atoms with Gasteiger partial charge in [0.2, 0.25) is 0 Å². The molecule has 5 rings (SSSR count). The van der Waals surface area contributed by atoms with E-state index in [0.29, 0.717) is 34.3 Å². The van der Waals surface area contributed by atoms with Crippen LogP contribution in [0, 0.1) is 28.6 Å². The molecule has 0 aromatic heterocycles. The Morgan fingerprint density at radius 3 is 2.55 bits per heavy atom. The zero-order chi connectivity index (χ0) is 20.8. The second-order valence-electron chi connectivity index (χ2n) is 11.9. The normalized spacial score (nSPS) is 38.8. The Morgan fingerprint density at radius 2 is 1.90 bits per heavy atom. The van der Waals surface area contributed by atoms with E-state index in [9.17, 15) is 5.11 Å². The van der Waals surface area contributed by atoms with Crippen LogP contribution in [-0.2, 0) is 6.42 Å². The monoisotopic (exact) mass is 394 g/mol. The molecule has 4 aliphatic rings. The van der Waals surface area contributed by atoms with E-state index >= 15 is 0 Å². The summed E-state index contributed by atoms with van der Waals surface area (Å²) in [6, 6.07) is 4.33. The van der Waals surface area contributed by atoms with Gasteiger partial charge in [-0.05, 0) is 99.7 Å². The molecule has 1 aliphatic heterocycles. The van der Waals surface area contributed by atoms with Gasteiger partial charge in [-0.2, -0.15) is 0 Å². The van der Waals surface area contributed by atoms with Gasteiger partial charge in [0.05, 0.1) is 0 Å². The predicted molar refractivity (Wildman–Crippen MR) is 118 cm³/mol. The summed E-state index contributed by atoms with van der Waals surface area (Å²) in [7, 11) is 0. The molecule has 2 fully saturated rings. The average molecular weight is 395 g/mol. The third-order valence-electron chi connectivity index (χ3n) is 10.0. The predicted octanol–water partition coefficient (Wildman–Crippen LogP) is 7.01. The summed E-state index contributed by atoms with van der Waals surface area (Å²) in [5.74, 6) is 3.76. The number of hydrogen-bond donors (Lipinski definition) is 1. The van der Waals surface area contributed by atoms with Gasteiger partial charge in [-0.25, -0.2) is 0 Å². The molecule has 1 aromatic carbocycles. The summed E-state index contributed by atoms with van der Waals surface area (Å²) in [4.78, 5) is 0. The van der Waals surface area contributed by atoms with Gasteiger partial charge in [0, 0.05) is 17.4 Å². The molecule has 2 bridgehead atoms. The van der Waals surface area contributed by atoms with E-state index in [-0.39, 0.29) is 5.60 Å². The zero-order valence-electron chi connectivity index (χ0n) is 19.1. The fraction of sp³-hybridized carbons (Fsp3) is 0.704. The number of phenolic OH excluding ortho intramolecular Hbond substituents is 1. The van der Waals surface area contributed by atoms with Crippen LogP contribution < -0.4 is 4.74 Å². The highest BCUT2D eigenvalue weighted by atomic mass is 16.5. The van der Waals surface area contributed by atoms with E-state index < -0.39 is 0 Å². The van der Waals surface area contributed by atoms with Crippen molar-refractivity contribution in [1.82, 2.24) is 0 Å². The molecule has 2 nitrogen and oxygen atoms in total. The lowest BCUT2D eigenvalue weighted by molar-refractivity contribution is 0.00746. The van der Waals surface area contributed by atoms with Crippen LogP contribution in [0.1, 0.15) is 90.7 Å². The number of allylic oxidation sites excluding steroid dienone is 2. The summed E-state index contributed by atoms with van der Waals surface area (Å²) in [6.07, 6.45) is 9.58. The van der Waals surface area contributed by atoms with Gasteiger partial charge in [0.1, 0.15) is 17.1 Å². The third-order valence-corrected chi connectivity index (χ3v) is 10.0. The van der Waals surface area contributed by atoms with Crippen molar-refractivity contribution >= 4 is 0 Å². The van der Waals surface area contributed by atoms with Crippen LogP contribution in [0.4, 0.5) is 0 Å². The van der Waals surface area contributed by atoms with Crippen molar-refractivity contribution in [2.45, 2.75) is 91.6 Å². The molecule has 2 saturated carbocycles. The van der Waals surface area contributed by atoms with E-state index in [1.54, 1.807) is 0 Å². The molecule has 3 aliphatic carbocycles. The molecular weight excluding hydrogens is 356 g/mol. The second-order valence-corrected chi connectivity index (χ2v) is 11.9. The quantitative estimate of drug-likeness (QED) is 0.547. The van der Waals surface area contributed by atoms with E-state index in [1.165, 1.54) is 30.4 Å². The Morgan fingerprint density at radius 1 is 1.14 bits per heavy atom. The summed E-state index contributed by atoms with van der Waals surface area (Å²) >= 11 is 0. The maximum Gasteiger partial charge on any atom is 0.127 e. The molecule has 5 atom stereocenters. The molecule has 0 saturated heterocycles. The first-order valence-electron chi connectivity index (χ1n) is 11.7. The lowest BCUT2D eigenvalue weighted by Crippen LogP contribution is -2.45. The Bertz CT molecular complexity index is 877. The first kappa shape index (κ1) is 19.5. The Hall–Kier alpha value is -1.44. The largest absolute Gasteiger partial charge is 0.508 e. The zero-order valence-corrected chi connectivity index (χ0v) is 19.1. The first-order valence-corrected chi connectivity index (χ1v) is 11.7. The average Bonchev–Trinajstić information content (AvgIpc) is 2.94. The van der Waals surface area contributed by atoms with Crippen LogP contribution in [-0.4, -0.2) is 10.7 Å². The van der Waals surface area contributed by atoms with E-state index in [0.717, 1.165) is 36.5 Å².